The van der Waals surface area contributed by atoms with Crippen molar-refractivity contribution in [3.8, 4) is 0 Å². The van der Waals surface area contributed by atoms with Crippen LogP contribution in [0.15, 0.2) is 17.3 Å². The van der Waals surface area contributed by atoms with Crippen LogP contribution in [0, 0.1) is 6.92 Å². The maximum atomic E-state index is 12.8. The molecule has 6 nitrogen and oxygen atoms in total. The van der Waals surface area contributed by atoms with Gasteiger partial charge < -0.3 is 5.32 Å². The SMILES string of the molecule is Cc1nc(S[C@H](C)C(=O)Nc2ccnn2C(C)C)c2c3c(sc2n1)CCCC3. The van der Waals surface area contributed by atoms with E-state index in [-0.39, 0.29) is 17.2 Å². The van der Waals surface area contributed by atoms with Crippen molar-refractivity contribution >= 4 is 45.0 Å². The minimum absolute atomic E-state index is 0.0408. The zero-order chi connectivity index (χ0) is 19.8. The van der Waals surface area contributed by atoms with Gasteiger partial charge in [-0.25, -0.2) is 14.6 Å². The van der Waals surface area contributed by atoms with Gasteiger partial charge in [0.05, 0.1) is 11.4 Å². The lowest BCUT2D eigenvalue weighted by Gasteiger charge is -2.16. The molecule has 1 atom stereocenters. The van der Waals surface area contributed by atoms with Crippen LogP contribution in [0.3, 0.4) is 0 Å². The first-order valence-electron chi connectivity index (χ1n) is 9.74. The lowest BCUT2D eigenvalue weighted by atomic mass is 9.97. The molecule has 0 spiro atoms. The highest BCUT2D eigenvalue weighted by Gasteiger charge is 2.24. The van der Waals surface area contributed by atoms with E-state index >= 15 is 0 Å². The number of hydrogen-bond donors (Lipinski definition) is 1. The number of hydrogen-bond acceptors (Lipinski definition) is 6. The summed E-state index contributed by atoms with van der Waals surface area (Å²) in [6.07, 6.45) is 6.39. The third kappa shape index (κ3) is 3.67. The number of thiophene rings is 1. The predicted molar refractivity (Wildman–Crippen MR) is 115 cm³/mol. The van der Waals surface area contributed by atoms with Crippen LogP contribution in [0.5, 0.6) is 0 Å². The Hall–Kier alpha value is -1.93. The number of anilines is 1. The maximum absolute atomic E-state index is 12.8. The summed E-state index contributed by atoms with van der Waals surface area (Å²) in [6, 6.07) is 2.02. The minimum atomic E-state index is -0.271. The summed E-state index contributed by atoms with van der Waals surface area (Å²) in [5, 5.41) is 9.12. The first kappa shape index (κ1) is 19.4. The molecule has 4 rings (SSSR count). The molecule has 0 aromatic carbocycles. The fourth-order valence-corrected chi connectivity index (χ4v) is 5.98. The van der Waals surface area contributed by atoms with E-state index in [9.17, 15) is 4.79 Å². The van der Waals surface area contributed by atoms with Gasteiger partial charge >= 0.3 is 0 Å². The zero-order valence-electron chi connectivity index (χ0n) is 16.7. The van der Waals surface area contributed by atoms with Crippen molar-refractivity contribution in [3.05, 3.63) is 28.5 Å². The van der Waals surface area contributed by atoms with Gasteiger partial charge in [-0.3, -0.25) is 4.79 Å². The largest absolute Gasteiger partial charge is 0.310 e. The summed E-state index contributed by atoms with van der Waals surface area (Å²) in [5.74, 6) is 1.45. The molecule has 0 saturated carbocycles. The summed E-state index contributed by atoms with van der Waals surface area (Å²) < 4.78 is 1.82. The van der Waals surface area contributed by atoms with Crippen LogP contribution < -0.4 is 5.32 Å². The summed E-state index contributed by atoms with van der Waals surface area (Å²) in [7, 11) is 0. The molecule has 8 heteroatoms. The van der Waals surface area contributed by atoms with E-state index in [1.165, 1.54) is 40.4 Å². The minimum Gasteiger partial charge on any atom is -0.310 e. The fraction of sp³-hybridized carbons (Fsp3) is 0.500. The monoisotopic (exact) mass is 415 g/mol. The molecule has 0 fully saturated rings. The van der Waals surface area contributed by atoms with Gasteiger partial charge in [0.2, 0.25) is 5.91 Å². The molecule has 1 aliphatic carbocycles. The fourth-order valence-electron chi connectivity index (χ4n) is 3.58. The van der Waals surface area contributed by atoms with Crippen LogP contribution in [0.1, 0.15) is 55.9 Å². The van der Waals surface area contributed by atoms with Crippen LogP contribution in [0.25, 0.3) is 10.2 Å². The third-order valence-electron chi connectivity index (χ3n) is 4.96. The average Bonchev–Trinajstić information content (AvgIpc) is 3.25. The number of carbonyl (C=O) groups excluding carboxylic acids is 1. The number of aromatic nitrogens is 4. The van der Waals surface area contributed by atoms with Crippen molar-refractivity contribution in [1.82, 2.24) is 19.7 Å². The van der Waals surface area contributed by atoms with E-state index in [0.717, 1.165) is 34.3 Å². The van der Waals surface area contributed by atoms with Crippen molar-refractivity contribution in [2.75, 3.05) is 5.32 Å². The summed E-state index contributed by atoms with van der Waals surface area (Å²) in [4.78, 5) is 24.7. The molecule has 1 amide bonds. The van der Waals surface area contributed by atoms with E-state index < -0.39 is 0 Å². The first-order chi connectivity index (χ1) is 13.4. The highest BCUT2D eigenvalue weighted by atomic mass is 32.2. The van der Waals surface area contributed by atoms with Gasteiger partial charge in [0.1, 0.15) is 21.5 Å². The van der Waals surface area contributed by atoms with Crippen LogP contribution in [-0.2, 0) is 17.6 Å². The maximum Gasteiger partial charge on any atom is 0.238 e. The van der Waals surface area contributed by atoms with Crippen LogP contribution in [0.2, 0.25) is 0 Å². The van der Waals surface area contributed by atoms with Crippen LogP contribution in [0.4, 0.5) is 5.82 Å². The van der Waals surface area contributed by atoms with Crippen LogP contribution >= 0.6 is 23.1 Å². The Kier molecular flexibility index (Phi) is 5.42. The lowest BCUT2D eigenvalue weighted by molar-refractivity contribution is -0.115. The number of rotatable bonds is 5. The molecule has 28 heavy (non-hydrogen) atoms. The van der Waals surface area contributed by atoms with Crippen molar-refractivity contribution in [3.63, 3.8) is 0 Å². The standard InChI is InChI=1S/C20H25N5OS2/c1-11(2)25-16(9-10-21-25)24-18(26)12(3)27-19-17-14-7-5-6-8-15(14)28-20(17)23-13(4)22-19/h9-12H,5-8H2,1-4H3,(H,24,26)/t12-/m1/s1. The second-order valence-corrected chi connectivity index (χ2v) is 9.88. The van der Waals surface area contributed by atoms with Gasteiger partial charge in [0.25, 0.3) is 0 Å². The van der Waals surface area contributed by atoms with Gasteiger partial charge in [-0.15, -0.1) is 11.3 Å². The summed E-state index contributed by atoms with van der Waals surface area (Å²) in [5.41, 5.74) is 1.40. The van der Waals surface area contributed by atoms with Crippen molar-refractivity contribution < 1.29 is 4.79 Å². The van der Waals surface area contributed by atoms with E-state index in [0.29, 0.717) is 0 Å². The van der Waals surface area contributed by atoms with Crippen molar-refractivity contribution in [2.24, 2.45) is 0 Å². The predicted octanol–water partition coefficient (Wildman–Crippen LogP) is 4.78. The normalized spacial score (nSPS) is 15.0. The average molecular weight is 416 g/mol. The second-order valence-electron chi connectivity index (χ2n) is 7.47. The van der Waals surface area contributed by atoms with E-state index in [1.807, 2.05) is 38.4 Å². The Morgan fingerprint density at radius 1 is 1.25 bits per heavy atom. The highest BCUT2D eigenvalue weighted by Crippen LogP contribution is 2.40. The zero-order valence-corrected chi connectivity index (χ0v) is 18.3. The van der Waals surface area contributed by atoms with Crippen molar-refractivity contribution in [1.29, 1.82) is 0 Å². The number of nitrogens with one attached hydrogen (secondary N) is 1. The van der Waals surface area contributed by atoms with E-state index in [2.05, 4.69) is 15.4 Å². The third-order valence-corrected chi connectivity index (χ3v) is 7.23. The molecular weight excluding hydrogens is 390 g/mol. The molecule has 0 saturated heterocycles. The van der Waals surface area contributed by atoms with E-state index in [1.54, 1.807) is 17.5 Å². The summed E-state index contributed by atoms with van der Waals surface area (Å²) in [6.45, 7) is 7.94. The van der Waals surface area contributed by atoms with Crippen molar-refractivity contribution in [2.45, 2.75) is 69.7 Å². The van der Waals surface area contributed by atoms with E-state index in [4.69, 9.17) is 4.98 Å². The Labute approximate surface area is 173 Å². The number of fused-ring (bicyclic) bond motifs is 3. The Balaban J connectivity index is 1.59. The Morgan fingerprint density at radius 3 is 2.82 bits per heavy atom. The molecule has 1 aliphatic rings. The summed E-state index contributed by atoms with van der Waals surface area (Å²) >= 11 is 3.32. The molecule has 3 heterocycles. The second kappa shape index (κ2) is 7.83. The Morgan fingerprint density at radius 2 is 2.04 bits per heavy atom. The molecular formula is C20H25N5OS2. The molecule has 0 radical (unpaired) electrons. The quantitative estimate of drug-likeness (QED) is 0.480. The van der Waals surface area contributed by atoms with Gasteiger partial charge in [-0.2, -0.15) is 5.10 Å². The molecule has 0 bridgehead atoms. The molecule has 0 aliphatic heterocycles. The highest BCUT2D eigenvalue weighted by molar-refractivity contribution is 8.00. The molecule has 0 unspecified atom stereocenters. The topological polar surface area (TPSA) is 72.7 Å². The molecule has 148 valence electrons. The van der Waals surface area contributed by atoms with Gasteiger partial charge in [-0.1, -0.05) is 11.8 Å². The lowest BCUT2D eigenvalue weighted by Crippen LogP contribution is -2.24. The molecule has 3 aromatic heterocycles. The van der Waals surface area contributed by atoms with Gasteiger partial charge in [-0.05, 0) is 58.9 Å². The first-order valence-corrected chi connectivity index (χ1v) is 11.4. The number of amides is 1. The smallest absolute Gasteiger partial charge is 0.238 e. The van der Waals surface area contributed by atoms with Gasteiger partial charge in [0.15, 0.2) is 0 Å². The number of thioether (sulfide) groups is 1. The number of nitrogens with zero attached hydrogens (tertiary/aromatic N) is 4. The molecule has 3 aromatic rings. The number of aryl methyl sites for hydroxylation is 3. The molecule has 1 N–H and O–H groups in total. The number of carbonyl (C=O) groups is 1. The van der Waals surface area contributed by atoms with Gasteiger partial charge in [0, 0.05) is 22.4 Å². The van der Waals surface area contributed by atoms with Crippen LogP contribution in [-0.4, -0.2) is 30.9 Å². The Bertz CT molecular complexity index is 1020.